The first-order valence-electron chi connectivity index (χ1n) is 5.12. The van der Waals surface area contributed by atoms with Crippen molar-refractivity contribution in [3.05, 3.63) is 48.5 Å². The van der Waals surface area contributed by atoms with Crippen LogP contribution >= 0.6 is 0 Å². The van der Waals surface area contributed by atoms with E-state index >= 15 is 0 Å². The van der Waals surface area contributed by atoms with Crippen LogP contribution in [0.1, 0.15) is 16.8 Å². The van der Waals surface area contributed by atoms with Crippen molar-refractivity contribution >= 4 is 17.4 Å². The molecular weight excluding hydrogens is 218 g/mol. The molecule has 5 nitrogen and oxygen atoms in total. The molecule has 0 saturated heterocycles. The van der Waals surface area contributed by atoms with Crippen LogP contribution in [0.25, 0.3) is 0 Å². The molecular formula is C12H11N3O2. The van der Waals surface area contributed by atoms with Crippen molar-refractivity contribution in [3.8, 4) is 0 Å². The van der Waals surface area contributed by atoms with Crippen molar-refractivity contribution in [3.63, 3.8) is 0 Å². The van der Waals surface area contributed by atoms with Gasteiger partial charge in [-0.3, -0.25) is 9.59 Å². The summed E-state index contributed by atoms with van der Waals surface area (Å²) in [5.74, 6) is -0.326. The third-order valence-corrected chi connectivity index (χ3v) is 2.23. The monoisotopic (exact) mass is 229 g/mol. The van der Waals surface area contributed by atoms with Gasteiger partial charge in [0.25, 0.3) is 0 Å². The molecule has 1 aromatic heterocycles. The summed E-state index contributed by atoms with van der Waals surface area (Å²) >= 11 is 0. The molecule has 86 valence electrons. The lowest BCUT2D eigenvalue weighted by molar-refractivity contribution is -0.115. The molecule has 2 heterocycles. The standard InChI is InChI=1S/C9H7NO2.C3H4N2/c11-8-5-9(12)10-7-4-2-1-3-6(7)8;1-2-5-3-4-1/h1-4H,5H2,(H,10,12);1-3H,(H,4,5). The number of hydrogen-bond acceptors (Lipinski definition) is 3. The van der Waals surface area contributed by atoms with Crippen LogP contribution in [0.3, 0.4) is 0 Å². The van der Waals surface area contributed by atoms with E-state index in [9.17, 15) is 9.59 Å². The Bertz CT molecular complexity index is 503. The third-order valence-electron chi connectivity index (χ3n) is 2.23. The van der Waals surface area contributed by atoms with Crippen LogP contribution in [0, 0.1) is 0 Å². The molecule has 0 saturated carbocycles. The number of carbonyl (C=O) groups excluding carboxylic acids is 2. The van der Waals surface area contributed by atoms with Gasteiger partial charge in [-0.2, -0.15) is 0 Å². The molecule has 0 fully saturated rings. The number of H-pyrrole nitrogens is 1. The zero-order chi connectivity index (χ0) is 12.1. The van der Waals surface area contributed by atoms with E-state index in [2.05, 4.69) is 15.3 Å². The fraction of sp³-hybridized carbons (Fsp3) is 0.0833. The van der Waals surface area contributed by atoms with Crippen LogP contribution in [0.2, 0.25) is 0 Å². The number of nitrogens with zero attached hydrogens (tertiary/aromatic N) is 1. The predicted molar refractivity (Wildman–Crippen MR) is 62.6 cm³/mol. The minimum atomic E-state index is -0.223. The van der Waals surface area contributed by atoms with Crippen molar-refractivity contribution in [1.82, 2.24) is 9.97 Å². The molecule has 2 aromatic rings. The molecule has 0 spiro atoms. The Balaban J connectivity index is 0.000000181. The Morgan fingerprint density at radius 3 is 2.65 bits per heavy atom. The lowest BCUT2D eigenvalue weighted by Gasteiger charge is -2.14. The van der Waals surface area contributed by atoms with Gasteiger partial charge in [0.1, 0.15) is 0 Å². The molecule has 0 radical (unpaired) electrons. The van der Waals surface area contributed by atoms with Gasteiger partial charge < -0.3 is 10.3 Å². The fourth-order valence-corrected chi connectivity index (χ4v) is 1.49. The summed E-state index contributed by atoms with van der Waals surface area (Å²) in [4.78, 5) is 28.6. The number of para-hydroxylation sites is 1. The molecule has 0 bridgehead atoms. The first-order valence-corrected chi connectivity index (χ1v) is 5.12. The maximum Gasteiger partial charge on any atom is 0.232 e. The molecule has 2 N–H and O–H groups in total. The van der Waals surface area contributed by atoms with Gasteiger partial charge in [0.2, 0.25) is 5.91 Å². The van der Waals surface area contributed by atoms with Gasteiger partial charge in [0.15, 0.2) is 5.78 Å². The number of ketones is 1. The van der Waals surface area contributed by atoms with Crippen molar-refractivity contribution in [2.75, 3.05) is 5.32 Å². The Morgan fingerprint density at radius 2 is 2.00 bits per heavy atom. The van der Waals surface area contributed by atoms with E-state index in [4.69, 9.17) is 0 Å². The normalized spacial score (nSPS) is 13.2. The van der Waals surface area contributed by atoms with Crippen LogP contribution in [-0.2, 0) is 4.79 Å². The minimum absolute atomic E-state index is 0.0307. The Labute approximate surface area is 97.9 Å². The molecule has 1 aliphatic heterocycles. The molecule has 5 heteroatoms. The third kappa shape index (κ3) is 2.78. The number of carbonyl (C=O) groups is 2. The van der Waals surface area contributed by atoms with Gasteiger partial charge in [0, 0.05) is 18.0 Å². The summed E-state index contributed by atoms with van der Waals surface area (Å²) < 4.78 is 0. The number of amides is 1. The average molecular weight is 229 g/mol. The number of hydrogen-bond donors (Lipinski definition) is 2. The molecule has 1 aliphatic rings. The molecule has 0 aliphatic carbocycles. The summed E-state index contributed by atoms with van der Waals surface area (Å²) in [5.41, 5.74) is 1.23. The van der Waals surface area contributed by atoms with Gasteiger partial charge in [-0.1, -0.05) is 12.1 Å². The van der Waals surface area contributed by atoms with Gasteiger partial charge in [-0.05, 0) is 12.1 Å². The number of benzene rings is 1. The lowest BCUT2D eigenvalue weighted by atomic mass is 10.0. The lowest BCUT2D eigenvalue weighted by Crippen LogP contribution is -2.23. The van der Waals surface area contributed by atoms with Crippen molar-refractivity contribution in [1.29, 1.82) is 0 Å². The number of Topliss-reactive ketones (excluding diaryl/α,β-unsaturated/α-hetero) is 1. The van der Waals surface area contributed by atoms with Gasteiger partial charge in [-0.15, -0.1) is 0 Å². The Kier molecular flexibility index (Phi) is 3.30. The van der Waals surface area contributed by atoms with E-state index in [0.717, 1.165) is 0 Å². The average Bonchev–Trinajstić information content (AvgIpc) is 2.87. The molecule has 3 rings (SSSR count). The van der Waals surface area contributed by atoms with E-state index < -0.39 is 0 Å². The second-order valence-electron chi connectivity index (χ2n) is 3.45. The molecule has 0 unspecified atom stereocenters. The van der Waals surface area contributed by atoms with Crippen molar-refractivity contribution in [2.45, 2.75) is 6.42 Å². The van der Waals surface area contributed by atoms with Crippen LogP contribution < -0.4 is 5.32 Å². The van der Waals surface area contributed by atoms with E-state index in [-0.39, 0.29) is 18.1 Å². The summed E-state index contributed by atoms with van der Waals surface area (Å²) in [5, 5.41) is 2.63. The number of rotatable bonds is 0. The maximum absolute atomic E-state index is 11.2. The SMILES string of the molecule is O=C1CC(=O)c2ccccc2N1.c1c[nH]cn1. The smallest absolute Gasteiger partial charge is 0.232 e. The number of nitrogens with one attached hydrogen (secondary N) is 2. The summed E-state index contributed by atoms with van der Waals surface area (Å²) in [7, 11) is 0. The fourth-order valence-electron chi connectivity index (χ4n) is 1.49. The van der Waals surface area contributed by atoms with E-state index in [1.165, 1.54) is 0 Å². The minimum Gasteiger partial charge on any atom is -0.351 e. The van der Waals surface area contributed by atoms with Crippen molar-refractivity contribution in [2.24, 2.45) is 0 Å². The van der Waals surface area contributed by atoms with Gasteiger partial charge in [-0.25, -0.2) is 4.98 Å². The molecule has 1 amide bonds. The summed E-state index contributed by atoms with van der Waals surface area (Å²) in [6, 6.07) is 7.02. The zero-order valence-corrected chi connectivity index (χ0v) is 9.01. The number of aromatic amines is 1. The summed E-state index contributed by atoms with van der Waals surface area (Å²) in [6.07, 6.45) is 5.05. The van der Waals surface area contributed by atoms with E-state index in [0.29, 0.717) is 11.3 Å². The quantitative estimate of drug-likeness (QED) is 0.674. The van der Waals surface area contributed by atoms with E-state index in [1.54, 1.807) is 43.0 Å². The van der Waals surface area contributed by atoms with Gasteiger partial charge in [0.05, 0.1) is 18.4 Å². The Morgan fingerprint density at radius 1 is 1.18 bits per heavy atom. The first-order chi connectivity index (χ1) is 8.27. The van der Waals surface area contributed by atoms with Gasteiger partial charge >= 0.3 is 0 Å². The highest BCUT2D eigenvalue weighted by Crippen LogP contribution is 2.21. The number of fused-ring (bicyclic) bond motifs is 1. The largest absolute Gasteiger partial charge is 0.351 e. The number of anilines is 1. The van der Waals surface area contributed by atoms with E-state index in [1.807, 2.05) is 0 Å². The topological polar surface area (TPSA) is 74.8 Å². The summed E-state index contributed by atoms with van der Waals surface area (Å²) in [6.45, 7) is 0. The Hall–Kier alpha value is -2.43. The van der Waals surface area contributed by atoms with Crippen LogP contribution in [0.4, 0.5) is 5.69 Å². The molecule has 0 atom stereocenters. The first kappa shape index (κ1) is 11.1. The number of aromatic nitrogens is 2. The number of imidazole rings is 1. The predicted octanol–water partition coefficient (Wildman–Crippen LogP) is 1.62. The maximum atomic E-state index is 11.2. The highest BCUT2D eigenvalue weighted by atomic mass is 16.2. The zero-order valence-electron chi connectivity index (χ0n) is 9.01. The highest BCUT2D eigenvalue weighted by molar-refractivity contribution is 6.18. The highest BCUT2D eigenvalue weighted by Gasteiger charge is 2.21. The molecule has 1 aromatic carbocycles. The van der Waals surface area contributed by atoms with Crippen molar-refractivity contribution < 1.29 is 9.59 Å². The van der Waals surface area contributed by atoms with Crippen LogP contribution in [-0.4, -0.2) is 21.7 Å². The van der Waals surface area contributed by atoms with Crippen LogP contribution in [0.15, 0.2) is 43.0 Å². The second kappa shape index (κ2) is 5.07. The van der Waals surface area contributed by atoms with Crippen LogP contribution in [0.5, 0.6) is 0 Å². The second-order valence-corrected chi connectivity index (χ2v) is 3.45. The molecule has 17 heavy (non-hydrogen) atoms.